The minimum absolute atomic E-state index is 0.255. The summed E-state index contributed by atoms with van der Waals surface area (Å²) in [5.41, 5.74) is -0.707. The number of aliphatic hydroxyl groups is 2. The van der Waals surface area contributed by atoms with Crippen LogP contribution in [0.4, 0.5) is 0 Å². The van der Waals surface area contributed by atoms with E-state index >= 15 is 0 Å². The fourth-order valence-electron chi connectivity index (χ4n) is 1.28. The van der Waals surface area contributed by atoms with E-state index in [-0.39, 0.29) is 5.76 Å². The molecule has 0 fully saturated rings. The Morgan fingerprint density at radius 1 is 1.64 bits per heavy atom. The van der Waals surface area contributed by atoms with Crippen LogP contribution in [0.15, 0.2) is 24.0 Å². The van der Waals surface area contributed by atoms with Gasteiger partial charge in [0.05, 0.1) is 5.60 Å². The van der Waals surface area contributed by atoms with Gasteiger partial charge >= 0.3 is 0 Å². The molecular formula is C9H14O2. The molecule has 1 aliphatic carbocycles. The van der Waals surface area contributed by atoms with Gasteiger partial charge in [0, 0.05) is 6.42 Å². The van der Waals surface area contributed by atoms with Gasteiger partial charge in [0.15, 0.2) is 0 Å². The summed E-state index contributed by atoms with van der Waals surface area (Å²) >= 11 is 0. The molecule has 11 heavy (non-hydrogen) atoms. The molecule has 2 nitrogen and oxygen atoms in total. The molecule has 1 unspecified atom stereocenters. The van der Waals surface area contributed by atoms with Crippen LogP contribution < -0.4 is 0 Å². The smallest absolute Gasteiger partial charge is 0.111 e. The molecule has 0 bridgehead atoms. The zero-order chi connectivity index (χ0) is 8.32. The van der Waals surface area contributed by atoms with Crippen LogP contribution in [0, 0.1) is 0 Å². The monoisotopic (exact) mass is 154 g/mol. The van der Waals surface area contributed by atoms with Gasteiger partial charge in [-0.15, -0.1) is 0 Å². The Hall–Kier alpha value is -0.760. The van der Waals surface area contributed by atoms with Crippen LogP contribution in [0.3, 0.4) is 0 Å². The maximum atomic E-state index is 9.75. The Bertz CT molecular complexity index is 194. The highest BCUT2D eigenvalue weighted by Gasteiger charge is 2.23. The third-order valence-electron chi connectivity index (χ3n) is 1.91. The van der Waals surface area contributed by atoms with Crippen LogP contribution in [0.1, 0.15) is 26.2 Å². The van der Waals surface area contributed by atoms with Crippen LogP contribution in [0.25, 0.3) is 0 Å². The summed E-state index contributed by atoms with van der Waals surface area (Å²) in [6.07, 6.45) is 7.12. The third-order valence-corrected chi connectivity index (χ3v) is 1.91. The minimum Gasteiger partial charge on any atom is -0.508 e. The predicted molar refractivity (Wildman–Crippen MR) is 44.3 cm³/mol. The van der Waals surface area contributed by atoms with Crippen molar-refractivity contribution in [1.29, 1.82) is 0 Å². The zero-order valence-corrected chi connectivity index (χ0v) is 6.75. The number of hydrogen-bond acceptors (Lipinski definition) is 2. The van der Waals surface area contributed by atoms with E-state index in [1.165, 1.54) is 0 Å². The predicted octanol–water partition coefficient (Wildman–Crippen LogP) is 1.92. The minimum atomic E-state index is -0.707. The molecule has 0 aromatic carbocycles. The van der Waals surface area contributed by atoms with Gasteiger partial charge in [-0.1, -0.05) is 13.3 Å². The lowest BCUT2D eigenvalue weighted by Gasteiger charge is -2.24. The second-order valence-electron chi connectivity index (χ2n) is 3.02. The van der Waals surface area contributed by atoms with E-state index in [1.807, 2.05) is 6.92 Å². The van der Waals surface area contributed by atoms with Crippen LogP contribution >= 0.6 is 0 Å². The molecule has 0 amide bonds. The van der Waals surface area contributed by atoms with E-state index in [0.717, 1.165) is 12.8 Å². The van der Waals surface area contributed by atoms with Gasteiger partial charge in [0.25, 0.3) is 0 Å². The lowest BCUT2D eigenvalue weighted by molar-refractivity contribution is 0.0806. The molecular weight excluding hydrogens is 140 g/mol. The van der Waals surface area contributed by atoms with Crippen molar-refractivity contribution in [2.75, 3.05) is 0 Å². The number of hydrogen-bond donors (Lipinski definition) is 2. The number of aliphatic hydroxyl groups excluding tert-OH is 1. The first kappa shape index (κ1) is 8.34. The summed E-state index contributed by atoms with van der Waals surface area (Å²) in [6.45, 7) is 2.03. The first-order chi connectivity index (χ1) is 5.16. The molecule has 0 saturated carbocycles. The van der Waals surface area contributed by atoms with E-state index in [9.17, 15) is 5.11 Å². The molecule has 0 aliphatic heterocycles. The van der Waals surface area contributed by atoms with E-state index in [1.54, 1.807) is 18.2 Å². The van der Waals surface area contributed by atoms with Crippen LogP contribution in [0.5, 0.6) is 0 Å². The van der Waals surface area contributed by atoms with E-state index in [0.29, 0.717) is 6.42 Å². The Balaban J connectivity index is 2.58. The number of allylic oxidation sites excluding steroid dienone is 1. The van der Waals surface area contributed by atoms with Crippen molar-refractivity contribution < 1.29 is 10.2 Å². The SMILES string of the molecule is CCCC1(O)C=CC(O)=CC1. The molecule has 1 aliphatic rings. The molecule has 0 aromatic rings. The van der Waals surface area contributed by atoms with Gasteiger partial charge in [-0.05, 0) is 24.6 Å². The standard InChI is InChI=1S/C9H14O2/c1-2-5-9(11)6-3-8(10)4-7-9/h3-4,6,10-11H,2,5,7H2,1H3. The maximum absolute atomic E-state index is 9.75. The summed E-state index contributed by atoms with van der Waals surface area (Å²) in [5.74, 6) is 0.255. The normalized spacial score (nSPS) is 30.2. The molecule has 1 rings (SSSR count). The molecule has 2 N–H and O–H groups in total. The second-order valence-corrected chi connectivity index (χ2v) is 3.02. The largest absolute Gasteiger partial charge is 0.508 e. The van der Waals surface area contributed by atoms with Gasteiger partial charge < -0.3 is 10.2 Å². The topological polar surface area (TPSA) is 40.5 Å². The Kier molecular flexibility index (Phi) is 2.35. The van der Waals surface area contributed by atoms with Crippen molar-refractivity contribution in [3.8, 4) is 0 Å². The molecule has 1 atom stereocenters. The van der Waals surface area contributed by atoms with Crippen molar-refractivity contribution in [3.05, 3.63) is 24.0 Å². The lowest BCUT2D eigenvalue weighted by Crippen LogP contribution is -2.26. The van der Waals surface area contributed by atoms with E-state index < -0.39 is 5.60 Å². The van der Waals surface area contributed by atoms with Gasteiger partial charge in [0.1, 0.15) is 5.76 Å². The van der Waals surface area contributed by atoms with Crippen molar-refractivity contribution in [2.24, 2.45) is 0 Å². The van der Waals surface area contributed by atoms with Crippen molar-refractivity contribution in [2.45, 2.75) is 31.8 Å². The van der Waals surface area contributed by atoms with Crippen molar-refractivity contribution >= 4 is 0 Å². The summed E-state index contributed by atoms with van der Waals surface area (Å²) in [5, 5.41) is 18.7. The Morgan fingerprint density at radius 3 is 2.82 bits per heavy atom. The van der Waals surface area contributed by atoms with Gasteiger partial charge in [-0.25, -0.2) is 0 Å². The fourth-order valence-corrected chi connectivity index (χ4v) is 1.28. The quantitative estimate of drug-likeness (QED) is 0.638. The summed E-state index contributed by atoms with van der Waals surface area (Å²) < 4.78 is 0. The van der Waals surface area contributed by atoms with Crippen LogP contribution in [-0.2, 0) is 0 Å². The molecule has 0 spiro atoms. The molecule has 0 aromatic heterocycles. The highest BCUT2D eigenvalue weighted by molar-refractivity contribution is 5.22. The molecule has 0 radical (unpaired) electrons. The highest BCUT2D eigenvalue weighted by Crippen LogP contribution is 2.24. The number of rotatable bonds is 2. The van der Waals surface area contributed by atoms with Crippen LogP contribution in [0.2, 0.25) is 0 Å². The Morgan fingerprint density at radius 2 is 2.36 bits per heavy atom. The molecule has 2 heteroatoms. The lowest BCUT2D eigenvalue weighted by atomic mass is 9.90. The summed E-state index contributed by atoms with van der Waals surface area (Å²) in [6, 6.07) is 0. The highest BCUT2D eigenvalue weighted by atomic mass is 16.3. The molecule has 0 saturated heterocycles. The van der Waals surface area contributed by atoms with Gasteiger partial charge in [-0.3, -0.25) is 0 Å². The van der Waals surface area contributed by atoms with Gasteiger partial charge in [0.2, 0.25) is 0 Å². The zero-order valence-electron chi connectivity index (χ0n) is 6.75. The third kappa shape index (κ3) is 2.09. The van der Waals surface area contributed by atoms with Crippen molar-refractivity contribution in [3.63, 3.8) is 0 Å². The first-order valence-electron chi connectivity index (χ1n) is 3.97. The molecule has 62 valence electrons. The first-order valence-corrected chi connectivity index (χ1v) is 3.97. The van der Waals surface area contributed by atoms with E-state index in [4.69, 9.17) is 5.11 Å². The second kappa shape index (κ2) is 3.09. The van der Waals surface area contributed by atoms with Crippen LogP contribution in [-0.4, -0.2) is 15.8 Å². The maximum Gasteiger partial charge on any atom is 0.111 e. The Labute approximate surface area is 66.9 Å². The molecule has 0 heterocycles. The summed E-state index contributed by atoms with van der Waals surface area (Å²) in [7, 11) is 0. The fraction of sp³-hybridized carbons (Fsp3) is 0.556. The van der Waals surface area contributed by atoms with Gasteiger partial charge in [-0.2, -0.15) is 0 Å². The van der Waals surface area contributed by atoms with Crippen molar-refractivity contribution in [1.82, 2.24) is 0 Å². The average Bonchev–Trinajstić information content (AvgIpc) is 1.97. The summed E-state index contributed by atoms with van der Waals surface area (Å²) in [4.78, 5) is 0. The average molecular weight is 154 g/mol. The van der Waals surface area contributed by atoms with E-state index in [2.05, 4.69) is 0 Å².